The van der Waals surface area contributed by atoms with Crippen molar-refractivity contribution in [3.05, 3.63) is 61.4 Å². The average molecular weight is 327 g/mol. The fraction of sp³-hybridized carbons (Fsp3) is 0.167. The van der Waals surface area contributed by atoms with Crippen molar-refractivity contribution in [3.8, 4) is 0 Å². The molecular weight excluding hydrogens is 316 g/mol. The third kappa shape index (κ3) is 3.63. The van der Waals surface area contributed by atoms with Crippen molar-refractivity contribution in [3.63, 3.8) is 0 Å². The Kier molecular flexibility index (Phi) is 4.46. The lowest BCUT2D eigenvalue weighted by Crippen LogP contribution is -2.11. The highest BCUT2D eigenvalue weighted by Crippen LogP contribution is 2.22. The molecule has 0 bridgehead atoms. The lowest BCUT2D eigenvalue weighted by atomic mass is 10.2. The zero-order valence-corrected chi connectivity index (χ0v) is 11.8. The Morgan fingerprint density at radius 3 is 2.72 bits per heavy atom. The minimum atomic E-state index is -0.359. The summed E-state index contributed by atoms with van der Waals surface area (Å²) >= 11 is 4.58. The van der Waals surface area contributed by atoms with Gasteiger partial charge in [0.1, 0.15) is 0 Å². The lowest BCUT2D eigenvalue weighted by Gasteiger charge is -2.03. The number of nitro groups is 1. The van der Waals surface area contributed by atoms with E-state index in [1.54, 1.807) is 6.07 Å². The maximum absolute atomic E-state index is 10.5. The van der Waals surface area contributed by atoms with Gasteiger partial charge in [-0.1, -0.05) is 39.4 Å². The molecule has 0 amide bonds. The number of hydrogen-bond acceptors (Lipinski definition) is 4. The Morgan fingerprint density at radius 2 is 2.06 bits per heavy atom. The van der Waals surface area contributed by atoms with E-state index in [1.165, 1.54) is 5.56 Å². The topological polar surface area (TPSA) is 55.2 Å². The molecule has 6 heteroatoms. The standard InChI is InChI=1S/C12H11BrN2O2S/c13-11-3-1-2-9(4-11)6-14-7-10-5-12(15(16)17)18-8-10/h1-5,8,14H,6-7H2. The second-order valence-corrected chi connectivity index (χ2v) is 5.59. The molecule has 1 heterocycles. The highest BCUT2D eigenvalue weighted by Gasteiger charge is 2.08. The number of nitrogens with zero attached hydrogens (tertiary/aromatic N) is 1. The van der Waals surface area contributed by atoms with Crippen molar-refractivity contribution in [1.82, 2.24) is 5.32 Å². The summed E-state index contributed by atoms with van der Waals surface area (Å²) in [6.45, 7) is 1.37. The van der Waals surface area contributed by atoms with E-state index in [2.05, 4.69) is 21.2 Å². The van der Waals surface area contributed by atoms with Crippen LogP contribution in [0.3, 0.4) is 0 Å². The van der Waals surface area contributed by atoms with Crippen LogP contribution >= 0.6 is 27.3 Å². The summed E-state index contributed by atoms with van der Waals surface area (Å²) in [7, 11) is 0. The van der Waals surface area contributed by atoms with Gasteiger partial charge < -0.3 is 5.32 Å². The third-order valence-corrected chi connectivity index (χ3v) is 3.79. The highest BCUT2D eigenvalue weighted by molar-refractivity contribution is 9.10. The van der Waals surface area contributed by atoms with Gasteiger partial charge in [0.2, 0.25) is 0 Å². The van der Waals surface area contributed by atoms with E-state index in [0.29, 0.717) is 6.54 Å². The summed E-state index contributed by atoms with van der Waals surface area (Å²) in [6, 6.07) is 9.65. The first-order valence-corrected chi connectivity index (χ1v) is 6.99. The number of thiophene rings is 1. The first-order valence-electron chi connectivity index (χ1n) is 5.32. The summed E-state index contributed by atoms with van der Waals surface area (Å²) in [6.07, 6.45) is 0. The molecule has 0 unspecified atom stereocenters. The van der Waals surface area contributed by atoms with Crippen molar-refractivity contribution >= 4 is 32.3 Å². The van der Waals surface area contributed by atoms with Gasteiger partial charge in [-0.2, -0.15) is 0 Å². The van der Waals surface area contributed by atoms with Gasteiger partial charge in [0.05, 0.1) is 4.92 Å². The normalized spacial score (nSPS) is 10.5. The first kappa shape index (κ1) is 13.2. The van der Waals surface area contributed by atoms with Crippen LogP contribution in [0, 0.1) is 10.1 Å². The average Bonchev–Trinajstić information content (AvgIpc) is 2.78. The van der Waals surface area contributed by atoms with Crippen LogP contribution in [-0.4, -0.2) is 4.92 Å². The van der Waals surface area contributed by atoms with Crippen molar-refractivity contribution < 1.29 is 4.92 Å². The second-order valence-electron chi connectivity index (χ2n) is 3.78. The van der Waals surface area contributed by atoms with Crippen LogP contribution in [0.2, 0.25) is 0 Å². The molecule has 1 aromatic heterocycles. The smallest absolute Gasteiger partial charge is 0.309 e. The molecule has 0 aliphatic carbocycles. The number of rotatable bonds is 5. The Morgan fingerprint density at radius 1 is 1.28 bits per heavy atom. The Hall–Kier alpha value is -1.24. The third-order valence-electron chi connectivity index (χ3n) is 2.37. The number of hydrogen-bond donors (Lipinski definition) is 1. The monoisotopic (exact) mass is 326 g/mol. The van der Waals surface area contributed by atoms with Crippen molar-refractivity contribution in [2.45, 2.75) is 13.1 Å². The molecule has 2 rings (SSSR count). The maximum atomic E-state index is 10.5. The molecule has 94 valence electrons. The van der Waals surface area contributed by atoms with E-state index in [9.17, 15) is 10.1 Å². The van der Waals surface area contributed by atoms with Gasteiger partial charge in [0, 0.05) is 29.0 Å². The summed E-state index contributed by atoms with van der Waals surface area (Å²) in [5.74, 6) is 0. The molecule has 0 fully saturated rings. The van der Waals surface area contributed by atoms with Crippen LogP contribution in [0.5, 0.6) is 0 Å². The summed E-state index contributed by atoms with van der Waals surface area (Å²) in [5.41, 5.74) is 2.12. The van der Waals surface area contributed by atoms with E-state index >= 15 is 0 Å². The summed E-state index contributed by atoms with van der Waals surface area (Å²) in [5, 5.41) is 15.8. The molecule has 4 nitrogen and oxygen atoms in total. The number of benzene rings is 1. The predicted octanol–water partition coefficient (Wildman–Crippen LogP) is 3.71. The van der Waals surface area contributed by atoms with Gasteiger partial charge in [-0.25, -0.2) is 0 Å². The largest absolute Gasteiger partial charge is 0.324 e. The van der Waals surface area contributed by atoms with Crippen LogP contribution in [0.25, 0.3) is 0 Å². The molecular formula is C12H11BrN2O2S. The minimum Gasteiger partial charge on any atom is -0.309 e. The van der Waals surface area contributed by atoms with Crippen molar-refractivity contribution in [2.24, 2.45) is 0 Å². The van der Waals surface area contributed by atoms with E-state index in [-0.39, 0.29) is 9.92 Å². The van der Waals surface area contributed by atoms with Crippen molar-refractivity contribution in [2.75, 3.05) is 0 Å². The zero-order valence-electron chi connectivity index (χ0n) is 9.43. The molecule has 18 heavy (non-hydrogen) atoms. The quantitative estimate of drug-likeness (QED) is 0.673. The molecule has 2 aromatic rings. The van der Waals surface area contributed by atoms with Gasteiger partial charge in [-0.15, -0.1) is 0 Å². The SMILES string of the molecule is O=[N+]([O-])c1cc(CNCc2cccc(Br)c2)cs1. The van der Waals surface area contributed by atoms with Crippen molar-refractivity contribution in [1.29, 1.82) is 0 Å². The fourth-order valence-corrected chi connectivity index (χ4v) is 2.72. The zero-order chi connectivity index (χ0) is 13.0. The van der Waals surface area contributed by atoms with Gasteiger partial charge in [0.25, 0.3) is 0 Å². The molecule has 0 aliphatic heterocycles. The Bertz CT molecular complexity index is 557. The van der Waals surface area contributed by atoms with Gasteiger partial charge >= 0.3 is 5.00 Å². The highest BCUT2D eigenvalue weighted by atomic mass is 79.9. The Labute approximate surface area is 117 Å². The molecule has 0 atom stereocenters. The van der Waals surface area contributed by atoms with Crippen LogP contribution in [0.15, 0.2) is 40.2 Å². The lowest BCUT2D eigenvalue weighted by molar-refractivity contribution is -0.380. The van der Waals surface area contributed by atoms with E-state index < -0.39 is 0 Å². The fourth-order valence-electron chi connectivity index (χ4n) is 1.55. The van der Waals surface area contributed by atoms with Crippen LogP contribution in [0.1, 0.15) is 11.1 Å². The molecule has 0 radical (unpaired) electrons. The molecule has 1 N–H and O–H groups in total. The van der Waals surface area contributed by atoms with E-state index in [0.717, 1.165) is 27.9 Å². The van der Waals surface area contributed by atoms with Crippen LogP contribution in [0.4, 0.5) is 5.00 Å². The predicted molar refractivity (Wildman–Crippen MR) is 75.7 cm³/mol. The van der Waals surface area contributed by atoms with Crippen LogP contribution < -0.4 is 5.32 Å². The van der Waals surface area contributed by atoms with Gasteiger partial charge in [-0.3, -0.25) is 10.1 Å². The van der Waals surface area contributed by atoms with Crippen LogP contribution in [-0.2, 0) is 13.1 Å². The molecule has 1 aromatic carbocycles. The van der Waals surface area contributed by atoms with E-state index in [1.807, 2.05) is 29.6 Å². The first-order chi connectivity index (χ1) is 8.65. The molecule has 0 saturated carbocycles. The summed E-state index contributed by atoms with van der Waals surface area (Å²) < 4.78 is 1.05. The van der Waals surface area contributed by atoms with Gasteiger partial charge in [-0.05, 0) is 23.3 Å². The molecule has 0 saturated heterocycles. The Balaban J connectivity index is 1.86. The van der Waals surface area contributed by atoms with Gasteiger partial charge in [0.15, 0.2) is 0 Å². The molecule has 0 spiro atoms. The number of halogens is 1. The van der Waals surface area contributed by atoms with E-state index in [4.69, 9.17) is 0 Å². The second kappa shape index (κ2) is 6.08. The molecule has 0 aliphatic rings. The minimum absolute atomic E-state index is 0.189. The number of nitrogens with one attached hydrogen (secondary N) is 1. The summed E-state index contributed by atoms with van der Waals surface area (Å²) in [4.78, 5) is 10.2. The maximum Gasteiger partial charge on any atom is 0.324 e.